The summed E-state index contributed by atoms with van der Waals surface area (Å²) in [7, 11) is 0. The molecule has 0 aliphatic heterocycles. The number of thiophene rings is 1. The maximum atomic E-state index is 11.7. The Morgan fingerprint density at radius 2 is 1.94 bits per heavy atom. The number of carbonyl (C=O) groups is 1. The van der Waals surface area contributed by atoms with Gasteiger partial charge in [-0.2, -0.15) is 10.2 Å². The van der Waals surface area contributed by atoms with Crippen LogP contribution < -0.4 is 4.74 Å². The third-order valence-electron chi connectivity index (χ3n) is 5.05. The predicted octanol–water partition coefficient (Wildman–Crippen LogP) is 4.09. The van der Waals surface area contributed by atoms with Crippen LogP contribution in [0.4, 0.5) is 0 Å². The molecule has 0 aliphatic carbocycles. The van der Waals surface area contributed by atoms with Gasteiger partial charge in [0.05, 0.1) is 18.7 Å². The fourth-order valence-electron chi connectivity index (χ4n) is 3.66. The van der Waals surface area contributed by atoms with Crippen molar-refractivity contribution < 1.29 is 14.6 Å². The van der Waals surface area contributed by atoms with Gasteiger partial charge in [-0.05, 0) is 28.8 Å². The highest BCUT2D eigenvalue weighted by Crippen LogP contribution is 2.32. The molecule has 0 bridgehead atoms. The van der Waals surface area contributed by atoms with Gasteiger partial charge in [0, 0.05) is 10.9 Å². The lowest BCUT2D eigenvalue weighted by atomic mass is 9.98. The molecule has 2 aromatic carbocycles. The van der Waals surface area contributed by atoms with Gasteiger partial charge in [0.1, 0.15) is 10.4 Å². The quantitative estimate of drug-likeness (QED) is 0.386. The van der Waals surface area contributed by atoms with E-state index in [1.54, 1.807) is 5.38 Å². The molecule has 5 rings (SSSR count). The van der Waals surface area contributed by atoms with Crippen molar-refractivity contribution in [1.82, 2.24) is 30.2 Å². The first-order valence-electron chi connectivity index (χ1n) is 9.91. The molecule has 9 nitrogen and oxygen atoms in total. The highest BCUT2D eigenvalue weighted by atomic mass is 32.1. The Hall–Kier alpha value is -4.05. The zero-order chi connectivity index (χ0) is 22.1. The minimum Gasteiger partial charge on any atom is -0.477 e. The van der Waals surface area contributed by atoms with E-state index in [0.29, 0.717) is 36.0 Å². The molecule has 10 heteroatoms. The number of aromatic carboxylic acids is 1. The molecule has 0 saturated carbocycles. The zero-order valence-corrected chi connectivity index (χ0v) is 17.8. The predicted molar refractivity (Wildman–Crippen MR) is 120 cm³/mol. The lowest BCUT2D eigenvalue weighted by Crippen LogP contribution is -2.07. The summed E-state index contributed by atoms with van der Waals surface area (Å²) < 4.78 is 7.50. The topological polar surface area (TPSA) is 119 Å². The number of tetrazole rings is 1. The van der Waals surface area contributed by atoms with Gasteiger partial charge in [-0.25, -0.2) is 4.79 Å². The molecule has 160 valence electrons. The smallest absolute Gasteiger partial charge is 0.348 e. The molecule has 3 heterocycles. The van der Waals surface area contributed by atoms with E-state index < -0.39 is 5.97 Å². The Bertz CT molecular complexity index is 1390. The number of nitrogens with zero attached hydrogens (tertiary/aromatic N) is 5. The van der Waals surface area contributed by atoms with Crippen molar-refractivity contribution in [3.05, 3.63) is 64.4 Å². The molecule has 5 aromatic rings. The van der Waals surface area contributed by atoms with E-state index in [9.17, 15) is 9.90 Å². The second kappa shape index (κ2) is 8.23. The van der Waals surface area contributed by atoms with Crippen LogP contribution in [0.1, 0.15) is 22.2 Å². The monoisotopic (exact) mass is 446 g/mol. The van der Waals surface area contributed by atoms with Crippen molar-refractivity contribution in [3.63, 3.8) is 0 Å². The average Bonchev–Trinajstić information content (AvgIpc) is 3.53. The average molecular weight is 446 g/mol. The van der Waals surface area contributed by atoms with Gasteiger partial charge in [0.25, 0.3) is 6.01 Å². The largest absolute Gasteiger partial charge is 0.477 e. The number of fused-ring (bicyclic) bond motifs is 1. The minimum absolute atomic E-state index is 0.254. The number of H-pyrrole nitrogens is 1. The first-order chi connectivity index (χ1) is 15.7. The summed E-state index contributed by atoms with van der Waals surface area (Å²) in [6, 6.07) is 16.3. The molecule has 0 amide bonds. The summed E-state index contributed by atoms with van der Waals surface area (Å²) in [5, 5.41) is 25.7. The summed E-state index contributed by atoms with van der Waals surface area (Å²) in [5.74, 6) is -0.437. The molecule has 32 heavy (non-hydrogen) atoms. The van der Waals surface area contributed by atoms with E-state index in [-0.39, 0.29) is 4.88 Å². The SMILES string of the molecule is CCOc1nc2csc(C(=O)O)c2n1Cc1ccc(-c2ccccc2-c2nn[nH]n2)cc1. The summed E-state index contributed by atoms with van der Waals surface area (Å²) >= 11 is 1.17. The second-order valence-corrected chi connectivity index (χ2v) is 7.87. The van der Waals surface area contributed by atoms with E-state index in [2.05, 4.69) is 25.6 Å². The normalized spacial score (nSPS) is 11.2. The lowest BCUT2D eigenvalue weighted by Gasteiger charge is -2.11. The number of hydrogen-bond acceptors (Lipinski definition) is 7. The molecule has 0 aliphatic rings. The van der Waals surface area contributed by atoms with Crippen molar-refractivity contribution in [2.24, 2.45) is 0 Å². The molecule has 0 atom stereocenters. The molecule has 2 N–H and O–H groups in total. The fourth-order valence-corrected chi connectivity index (χ4v) is 4.48. The standard InChI is InChI=1S/C22H18N6O3S/c1-2-31-22-23-17-12-32-19(21(29)30)18(17)28(22)11-13-7-9-14(10-8-13)15-5-3-4-6-16(15)20-24-26-27-25-20/h3-10,12H,2,11H2,1H3,(H,29,30)(H,24,25,26,27). The van der Waals surface area contributed by atoms with Crippen LogP contribution in [0.2, 0.25) is 0 Å². The fraction of sp³-hybridized carbons (Fsp3) is 0.136. The zero-order valence-electron chi connectivity index (χ0n) is 17.0. The number of aromatic amines is 1. The number of imidazole rings is 1. The number of aromatic nitrogens is 6. The van der Waals surface area contributed by atoms with Crippen LogP contribution >= 0.6 is 11.3 Å². The first-order valence-corrected chi connectivity index (χ1v) is 10.8. The number of carboxylic acid groups (broad SMARTS) is 1. The molecule has 0 radical (unpaired) electrons. The minimum atomic E-state index is -0.970. The molecular formula is C22H18N6O3S. The second-order valence-electron chi connectivity index (χ2n) is 7.00. The summed E-state index contributed by atoms with van der Waals surface area (Å²) in [6.45, 7) is 2.76. The van der Waals surface area contributed by atoms with Crippen LogP contribution in [0.3, 0.4) is 0 Å². The molecule has 0 saturated heterocycles. The van der Waals surface area contributed by atoms with E-state index >= 15 is 0 Å². The maximum Gasteiger partial charge on any atom is 0.348 e. The van der Waals surface area contributed by atoms with Crippen molar-refractivity contribution >= 4 is 28.3 Å². The number of carboxylic acids is 1. The van der Waals surface area contributed by atoms with Crippen molar-refractivity contribution in [1.29, 1.82) is 0 Å². The third kappa shape index (κ3) is 3.50. The van der Waals surface area contributed by atoms with Gasteiger partial charge in [0.15, 0.2) is 0 Å². The number of hydrogen-bond donors (Lipinski definition) is 2. The summed E-state index contributed by atoms with van der Waals surface area (Å²) in [5.41, 5.74) is 5.09. The van der Waals surface area contributed by atoms with Crippen LogP contribution in [0.25, 0.3) is 33.5 Å². The van der Waals surface area contributed by atoms with Gasteiger partial charge in [-0.15, -0.1) is 21.5 Å². The van der Waals surface area contributed by atoms with Gasteiger partial charge < -0.3 is 9.84 Å². The number of ether oxygens (including phenoxy) is 1. The first kappa shape index (κ1) is 19.9. The Balaban J connectivity index is 1.50. The number of benzene rings is 2. The van der Waals surface area contributed by atoms with E-state index in [0.717, 1.165) is 22.3 Å². The van der Waals surface area contributed by atoms with Gasteiger partial charge >= 0.3 is 5.97 Å². The van der Waals surface area contributed by atoms with E-state index in [1.165, 1.54) is 11.3 Å². The summed E-state index contributed by atoms with van der Waals surface area (Å²) in [4.78, 5) is 16.4. The Morgan fingerprint density at radius 1 is 1.16 bits per heavy atom. The van der Waals surface area contributed by atoms with Crippen LogP contribution in [0.5, 0.6) is 6.01 Å². The van der Waals surface area contributed by atoms with E-state index in [1.807, 2.05) is 60.0 Å². The van der Waals surface area contributed by atoms with Crippen molar-refractivity contribution in [3.8, 4) is 28.5 Å². The van der Waals surface area contributed by atoms with Crippen molar-refractivity contribution in [2.45, 2.75) is 13.5 Å². The molecule has 0 spiro atoms. The number of nitrogens with one attached hydrogen (secondary N) is 1. The third-order valence-corrected chi connectivity index (χ3v) is 5.99. The molecule has 0 unspecified atom stereocenters. The van der Waals surface area contributed by atoms with Gasteiger partial charge in [0.2, 0.25) is 5.82 Å². The number of rotatable bonds is 7. The van der Waals surface area contributed by atoms with Crippen molar-refractivity contribution in [2.75, 3.05) is 6.61 Å². The lowest BCUT2D eigenvalue weighted by molar-refractivity contribution is 0.0703. The Labute approximate surface area is 186 Å². The highest BCUT2D eigenvalue weighted by Gasteiger charge is 2.21. The Kier molecular flexibility index (Phi) is 5.12. The van der Waals surface area contributed by atoms with Gasteiger partial charge in [-0.3, -0.25) is 4.57 Å². The van der Waals surface area contributed by atoms with Crippen LogP contribution in [-0.2, 0) is 6.54 Å². The van der Waals surface area contributed by atoms with Crippen LogP contribution in [-0.4, -0.2) is 47.9 Å². The van der Waals surface area contributed by atoms with Crippen LogP contribution in [0, 0.1) is 0 Å². The van der Waals surface area contributed by atoms with E-state index in [4.69, 9.17) is 4.74 Å². The molecular weight excluding hydrogens is 428 g/mol. The summed E-state index contributed by atoms with van der Waals surface area (Å²) in [6.07, 6.45) is 0. The van der Waals surface area contributed by atoms with Gasteiger partial charge in [-0.1, -0.05) is 48.5 Å². The molecule has 0 fully saturated rings. The highest BCUT2D eigenvalue weighted by molar-refractivity contribution is 7.13. The Morgan fingerprint density at radius 3 is 2.62 bits per heavy atom. The maximum absolute atomic E-state index is 11.7. The van der Waals surface area contributed by atoms with Crippen LogP contribution in [0.15, 0.2) is 53.9 Å². The molecule has 3 aromatic heterocycles.